The summed E-state index contributed by atoms with van der Waals surface area (Å²) in [6, 6.07) is 11.4. The number of phenolic OH excluding ortho intramolecular Hbond substituents is 1. The number of rotatable bonds is 4. The molecule has 0 amide bonds. The maximum Gasteiger partial charge on any atom is 0.356 e. The van der Waals surface area contributed by atoms with Gasteiger partial charge in [-0.2, -0.15) is 0 Å². The van der Waals surface area contributed by atoms with Gasteiger partial charge in [0.15, 0.2) is 17.2 Å². The minimum atomic E-state index is -0.485. The van der Waals surface area contributed by atoms with Crippen LogP contribution in [0.1, 0.15) is 16.3 Å². The van der Waals surface area contributed by atoms with Gasteiger partial charge in [-0.3, -0.25) is 0 Å². The van der Waals surface area contributed by atoms with Crippen molar-refractivity contribution in [2.75, 3.05) is 7.11 Å². The molecular formula is C15H13N3O4. The van der Waals surface area contributed by atoms with Crippen molar-refractivity contribution in [2.24, 2.45) is 0 Å². The Hall–Kier alpha value is -3.09. The second-order valence-corrected chi connectivity index (χ2v) is 4.48. The van der Waals surface area contributed by atoms with Gasteiger partial charge < -0.3 is 14.6 Å². The van der Waals surface area contributed by atoms with E-state index in [0.717, 1.165) is 0 Å². The average molecular weight is 299 g/mol. The molecule has 0 fully saturated rings. The molecule has 1 N–H and O–H groups in total. The van der Waals surface area contributed by atoms with E-state index in [0.29, 0.717) is 22.9 Å². The molecule has 0 saturated carbocycles. The summed E-state index contributed by atoms with van der Waals surface area (Å²) in [6.45, 7) is 0.146. The Morgan fingerprint density at radius 1 is 1.23 bits per heavy atom. The number of hydrogen-bond acceptors (Lipinski definition) is 6. The van der Waals surface area contributed by atoms with Gasteiger partial charge in [-0.15, -0.1) is 5.10 Å². The number of aromatic nitrogens is 3. The van der Waals surface area contributed by atoms with E-state index < -0.39 is 5.97 Å². The standard InChI is InChI=1S/C15H13N3O4/c1-21-15(20)12-3-2-4-14-16-13(17-18(12)14)9-22-11-7-5-10(19)6-8-11/h2-8,19H,9H2,1H3. The SMILES string of the molecule is COC(=O)c1cccc2nc(COc3ccc(O)cc3)nn12. The molecule has 0 aliphatic carbocycles. The number of ether oxygens (including phenoxy) is 2. The third-order valence-electron chi connectivity index (χ3n) is 3.00. The predicted octanol–water partition coefficient (Wildman–Crippen LogP) is 1.80. The number of carbonyl (C=O) groups excluding carboxylic acids is 1. The van der Waals surface area contributed by atoms with Crippen molar-refractivity contribution < 1.29 is 19.4 Å². The fraction of sp³-hybridized carbons (Fsp3) is 0.133. The Bertz CT molecular complexity index is 811. The minimum Gasteiger partial charge on any atom is -0.508 e. The molecule has 0 atom stereocenters. The van der Waals surface area contributed by atoms with Crippen LogP contribution in [0.3, 0.4) is 0 Å². The lowest BCUT2D eigenvalue weighted by Gasteiger charge is -2.03. The highest BCUT2D eigenvalue weighted by Gasteiger charge is 2.13. The van der Waals surface area contributed by atoms with Gasteiger partial charge in [-0.25, -0.2) is 14.3 Å². The summed E-state index contributed by atoms with van der Waals surface area (Å²) in [5.41, 5.74) is 0.829. The van der Waals surface area contributed by atoms with Gasteiger partial charge >= 0.3 is 5.97 Å². The fourth-order valence-corrected chi connectivity index (χ4v) is 1.96. The van der Waals surface area contributed by atoms with Gasteiger partial charge in [0.1, 0.15) is 18.1 Å². The molecule has 2 heterocycles. The van der Waals surface area contributed by atoms with Crippen LogP contribution in [0.15, 0.2) is 42.5 Å². The normalized spacial score (nSPS) is 10.6. The van der Waals surface area contributed by atoms with E-state index >= 15 is 0 Å². The van der Waals surface area contributed by atoms with Gasteiger partial charge in [-0.1, -0.05) is 6.07 Å². The van der Waals surface area contributed by atoms with Crippen LogP contribution in [0.5, 0.6) is 11.5 Å². The van der Waals surface area contributed by atoms with Crippen LogP contribution in [0.2, 0.25) is 0 Å². The number of hydrogen-bond donors (Lipinski definition) is 1. The first kappa shape index (κ1) is 13.9. The molecular weight excluding hydrogens is 286 g/mol. The molecule has 2 aromatic heterocycles. The molecule has 3 rings (SSSR count). The van der Waals surface area contributed by atoms with Gasteiger partial charge in [0.25, 0.3) is 0 Å². The molecule has 1 aromatic carbocycles. The number of phenols is 1. The van der Waals surface area contributed by atoms with E-state index in [9.17, 15) is 9.90 Å². The van der Waals surface area contributed by atoms with E-state index in [1.807, 2.05) is 0 Å². The number of pyridine rings is 1. The number of nitrogens with zero attached hydrogens (tertiary/aromatic N) is 3. The summed E-state index contributed by atoms with van der Waals surface area (Å²) >= 11 is 0. The Labute approximate surface area is 125 Å². The van der Waals surface area contributed by atoms with E-state index in [1.165, 1.54) is 23.8 Å². The molecule has 3 aromatic rings. The number of benzene rings is 1. The summed E-state index contributed by atoms with van der Waals surface area (Å²) in [5, 5.41) is 13.5. The first-order valence-corrected chi connectivity index (χ1v) is 6.52. The summed E-state index contributed by atoms with van der Waals surface area (Å²) in [5.74, 6) is 0.705. The average Bonchev–Trinajstić information content (AvgIpc) is 2.96. The highest BCUT2D eigenvalue weighted by molar-refractivity contribution is 5.88. The highest BCUT2D eigenvalue weighted by Crippen LogP contribution is 2.17. The quantitative estimate of drug-likeness (QED) is 0.739. The number of aromatic hydroxyl groups is 1. The van der Waals surface area contributed by atoms with E-state index in [4.69, 9.17) is 9.47 Å². The lowest BCUT2D eigenvalue weighted by molar-refractivity contribution is 0.0590. The van der Waals surface area contributed by atoms with Crippen molar-refractivity contribution in [1.29, 1.82) is 0 Å². The molecule has 0 saturated heterocycles. The van der Waals surface area contributed by atoms with Crippen molar-refractivity contribution in [3.05, 3.63) is 54.0 Å². The summed E-state index contributed by atoms with van der Waals surface area (Å²) < 4.78 is 11.7. The Balaban J connectivity index is 1.83. The molecule has 0 unspecified atom stereocenters. The first-order chi connectivity index (χ1) is 10.7. The maximum atomic E-state index is 11.7. The van der Waals surface area contributed by atoms with Crippen molar-refractivity contribution >= 4 is 11.6 Å². The van der Waals surface area contributed by atoms with Crippen molar-refractivity contribution in [3.63, 3.8) is 0 Å². The maximum absolute atomic E-state index is 11.7. The minimum absolute atomic E-state index is 0.146. The molecule has 0 spiro atoms. The predicted molar refractivity (Wildman–Crippen MR) is 76.8 cm³/mol. The Kier molecular flexibility index (Phi) is 3.61. The first-order valence-electron chi connectivity index (χ1n) is 6.52. The van der Waals surface area contributed by atoms with Gasteiger partial charge in [0.2, 0.25) is 0 Å². The summed E-state index contributed by atoms with van der Waals surface area (Å²) in [7, 11) is 1.31. The van der Waals surface area contributed by atoms with Crippen molar-refractivity contribution in [2.45, 2.75) is 6.61 Å². The molecule has 112 valence electrons. The Morgan fingerprint density at radius 3 is 2.73 bits per heavy atom. The van der Waals surface area contributed by atoms with Crippen LogP contribution >= 0.6 is 0 Å². The van der Waals surface area contributed by atoms with Gasteiger partial charge in [-0.05, 0) is 36.4 Å². The number of esters is 1. The van der Waals surface area contributed by atoms with Crippen LogP contribution < -0.4 is 4.74 Å². The highest BCUT2D eigenvalue weighted by atomic mass is 16.5. The molecule has 0 bridgehead atoms. The van der Waals surface area contributed by atoms with Gasteiger partial charge in [0.05, 0.1) is 7.11 Å². The zero-order chi connectivity index (χ0) is 15.5. The van der Waals surface area contributed by atoms with Crippen molar-refractivity contribution in [3.8, 4) is 11.5 Å². The molecule has 0 aliphatic rings. The molecule has 0 aliphatic heterocycles. The molecule has 22 heavy (non-hydrogen) atoms. The fourth-order valence-electron chi connectivity index (χ4n) is 1.96. The molecule has 7 heteroatoms. The van der Waals surface area contributed by atoms with E-state index in [2.05, 4.69) is 10.1 Å². The van der Waals surface area contributed by atoms with Crippen LogP contribution in [0, 0.1) is 0 Å². The largest absolute Gasteiger partial charge is 0.508 e. The third-order valence-corrected chi connectivity index (χ3v) is 3.00. The van der Waals surface area contributed by atoms with Crippen LogP contribution in [-0.4, -0.2) is 32.8 Å². The van der Waals surface area contributed by atoms with Crippen LogP contribution in [0.25, 0.3) is 5.65 Å². The topological polar surface area (TPSA) is 86.0 Å². The summed E-state index contributed by atoms with van der Waals surface area (Å²) in [4.78, 5) is 16.0. The lowest BCUT2D eigenvalue weighted by atomic mass is 10.3. The summed E-state index contributed by atoms with van der Waals surface area (Å²) in [6.07, 6.45) is 0. The lowest BCUT2D eigenvalue weighted by Crippen LogP contribution is -2.09. The second kappa shape index (κ2) is 5.72. The Morgan fingerprint density at radius 2 is 2.00 bits per heavy atom. The number of methoxy groups -OCH3 is 1. The number of carbonyl (C=O) groups is 1. The zero-order valence-electron chi connectivity index (χ0n) is 11.8. The molecule has 0 radical (unpaired) electrons. The van der Waals surface area contributed by atoms with Gasteiger partial charge in [0, 0.05) is 0 Å². The second-order valence-electron chi connectivity index (χ2n) is 4.48. The third kappa shape index (κ3) is 2.69. The zero-order valence-corrected chi connectivity index (χ0v) is 11.8. The van der Waals surface area contributed by atoms with E-state index in [1.54, 1.807) is 30.3 Å². The smallest absolute Gasteiger partial charge is 0.356 e. The van der Waals surface area contributed by atoms with Crippen LogP contribution in [0.4, 0.5) is 0 Å². The monoisotopic (exact) mass is 299 g/mol. The molecule has 7 nitrogen and oxygen atoms in total. The van der Waals surface area contributed by atoms with E-state index in [-0.39, 0.29) is 12.4 Å². The van der Waals surface area contributed by atoms with Crippen molar-refractivity contribution in [1.82, 2.24) is 14.6 Å². The number of fused-ring (bicyclic) bond motifs is 1. The van der Waals surface area contributed by atoms with Crippen LogP contribution in [-0.2, 0) is 11.3 Å².